The van der Waals surface area contributed by atoms with Gasteiger partial charge in [0, 0.05) is 35.1 Å². The highest BCUT2D eigenvalue weighted by atomic mass is 32.2. The molecule has 0 radical (unpaired) electrons. The number of nitrogens with two attached hydrogens (primary N) is 1. The fourth-order valence-corrected chi connectivity index (χ4v) is 2.79. The zero-order valence-electron chi connectivity index (χ0n) is 11.9. The highest BCUT2D eigenvalue weighted by Crippen LogP contribution is 2.34. The number of benzene rings is 2. The first kappa shape index (κ1) is 14.5. The Labute approximate surface area is 123 Å². The average Bonchev–Trinajstić information content (AvgIpc) is 2.42. The maximum Gasteiger partial charge on any atom is 0.253 e. The van der Waals surface area contributed by atoms with E-state index in [4.69, 9.17) is 5.73 Å². The summed E-state index contributed by atoms with van der Waals surface area (Å²) in [4.78, 5) is 15.6. The van der Waals surface area contributed by atoms with E-state index in [-0.39, 0.29) is 5.91 Å². The van der Waals surface area contributed by atoms with E-state index in [1.54, 1.807) is 42.9 Å². The largest absolute Gasteiger partial charge is 0.398 e. The quantitative estimate of drug-likeness (QED) is 0.879. The van der Waals surface area contributed by atoms with E-state index < -0.39 is 0 Å². The number of carbonyl (C=O) groups excluding carboxylic acids is 1. The first-order valence-electron chi connectivity index (χ1n) is 6.33. The monoisotopic (exact) mass is 286 g/mol. The lowest BCUT2D eigenvalue weighted by Gasteiger charge is -2.13. The van der Waals surface area contributed by atoms with Gasteiger partial charge in [-0.25, -0.2) is 0 Å². The summed E-state index contributed by atoms with van der Waals surface area (Å²) in [5, 5.41) is 0. The van der Waals surface area contributed by atoms with Crippen LogP contribution in [-0.4, -0.2) is 24.9 Å². The number of nitrogens with zero attached hydrogens (tertiary/aromatic N) is 1. The van der Waals surface area contributed by atoms with Crippen LogP contribution in [0.4, 0.5) is 5.69 Å². The summed E-state index contributed by atoms with van der Waals surface area (Å²) in [5.41, 5.74) is 8.55. The van der Waals surface area contributed by atoms with Crippen LogP contribution in [0.25, 0.3) is 0 Å². The van der Waals surface area contributed by atoms with Gasteiger partial charge in [0.25, 0.3) is 5.91 Å². The van der Waals surface area contributed by atoms with Crippen molar-refractivity contribution in [2.45, 2.75) is 16.7 Å². The number of nitrogen functional groups attached to an aromatic ring is 1. The van der Waals surface area contributed by atoms with E-state index in [1.165, 1.54) is 5.56 Å². The number of anilines is 1. The zero-order chi connectivity index (χ0) is 14.7. The number of hydrogen-bond donors (Lipinski definition) is 1. The standard InChI is InChI=1S/C16H18N2OS/c1-11-6-4-5-7-14(11)20-15-10-12(8-9-13(15)17)16(19)18(2)3/h4-10H,17H2,1-3H3. The molecule has 104 valence electrons. The molecule has 2 aromatic rings. The van der Waals surface area contributed by atoms with Crippen molar-refractivity contribution in [2.75, 3.05) is 19.8 Å². The fourth-order valence-electron chi connectivity index (χ4n) is 1.80. The molecular formula is C16H18N2OS. The first-order valence-corrected chi connectivity index (χ1v) is 7.15. The molecule has 0 heterocycles. The summed E-state index contributed by atoms with van der Waals surface area (Å²) in [7, 11) is 3.49. The van der Waals surface area contributed by atoms with Gasteiger partial charge >= 0.3 is 0 Å². The number of carbonyl (C=O) groups is 1. The van der Waals surface area contributed by atoms with Crippen LogP contribution in [0.5, 0.6) is 0 Å². The predicted molar refractivity (Wildman–Crippen MR) is 84.2 cm³/mol. The Morgan fingerprint density at radius 1 is 1.10 bits per heavy atom. The van der Waals surface area contributed by atoms with Crippen molar-refractivity contribution in [3.05, 3.63) is 53.6 Å². The van der Waals surface area contributed by atoms with Crippen LogP contribution in [0.2, 0.25) is 0 Å². The van der Waals surface area contributed by atoms with Crippen LogP contribution in [-0.2, 0) is 0 Å². The van der Waals surface area contributed by atoms with Gasteiger partial charge in [0.15, 0.2) is 0 Å². The van der Waals surface area contributed by atoms with Crippen molar-refractivity contribution in [3.63, 3.8) is 0 Å². The molecule has 0 bridgehead atoms. The molecule has 2 aromatic carbocycles. The van der Waals surface area contributed by atoms with Gasteiger partial charge in [-0.15, -0.1) is 0 Å². The van der Waals surface area contributed by atoms with Crippen LogP contribution in [0, 0.1) is 6.92 Å². The van der Waals surface area contributed by atoms with Gasteiger partial charge in [-0.05, 0) is 36.8 Å². The molecule has 0 saturated carbocycles. The van der Waals surface area contributed by atoms with Crippen molar-refractivity contribution < 1.29 is 4.79 Å². The SMILES string of the molecule is Cc1ccccc1Sc1cc(C(=O)N(C)C)ccc1N. The van der Waals surface area contributed by atoms with Crippen LogP contribution in [0.3, 0.4) is 0 Å². The highest BCUT2D eigenvalue weighted by molar-refractivity contribution is 7.99. The lowest BCUT2D eigenvalue weighted by Crippen LogP contribution is -2.21. The molecule has 0 unspecified atom stereocenters. The number of hydrogen-bond acceptors (Lipinski definition) is 3. The van der Waals surface area contributed by atoms with Crippen molar-refractivity contribution >= 4 is 23.4 Å². The summed E-state index contributed by atoms with van der Waals surface area (Å²) in [6, 6.07) is 13.5. The van der Waals surface area contributed by atoms with Crippen molar-refractivity contribution in [1.82, 2.24) is 4.90 Å². The summed E-state index contributed by atoms with van der Waals surface area (Å²) in [6.45, 7) is 2.06. The van der Waals surface area contributed by atoms with Gasteiger partial charge in [-0.1, -0.05) is 30.0 Å². The van der Waals surface area contributed by atoms with E-state index in [2.05, 4.69) is 19.1 Å². The smallest absolute Gasteiger partial charge is 0.253 e. The summed E-state index contributed by atoms with van der Waals surface area (Å²) >= 11 is 1.59. The van der Waals surface area contributed by atoms with Crippen molar-refractivity contribution in [2.24, 2.45) is 0 Å². The summed E-state index contributed by atoms with van der Waals surface area (Å²) in [5.74, 6) is -0.0170. The third-order valence-electron chi connectivity index (χ3n) is 2.98. The second kappa shape index (κ2) is 6.01. The van der Waals surface area contributed by atoms with Crippen molar-refractivity contribution in [1.29, 1.82) is 0 Å². The minimum atomic E-state index is -0.0170. The first-order chi connectivity index (χ1) is 9.49. The second-order valence-electron chi connectivity index (χ2n) is 4.82. The molecule has 0 aromatic heterocycles. The molecular weight excluding hydrogens is 268 g/mol. The Hall–Kier alpha value is -1.94. The number of aryl methyl sites for hydroxylation is 1. The molecule has 0 aliphatic heterocycles. The van der Waals surface area contributed by atoms with Gasteiger partial charge in [0.2, 0.25) is 0 Å². The maximum absolute atomic E-state index is 12.0. The van der Waals surface area contributed by atoms with Gasteiger partial charge in [-0.2, -0.15) is 0 Å². The van der Waals surface area contributed by atoms with E-state index in [1.807, 2.05) is 18.2 Å². The van der Waals surface area contributed by atoms with Crippen LogP contribution in [0.15, 0.2) is 52.3 Å². The average molecular weight is 286 g/mol. The molecule has 0 fully saturated rings. The van der Waals surface area contributed by atoms with Crippen LogP contribution in [0.1, 0.15) is 15.9 Å². The van der Waals surface area contributed by atoms with Gasteiger partial charge < -0.3 is 10.6 Å². The molecule has 2 rings (SSSR count). The molecule has 0 atom stereocenters. The Balaban J connectivity index is 2.35. The molecule has 0 spiro atoms. The van der Waals surface area contributed by atoms with Crippen LogP contribution < -0.4 is 5.73 Å². The Bertz CT molecular complexity index is 638. The number of rotatable bonds is 3. The second-order valence-corrected chi connectivity index (χ2v) is 5.90. The topological polar surface area (TPSA) is 46.3 Å². The molecule has 1 amide bonds. The van der Waals surface area contributed by atoms with E-state index in [0.29, 0.717) is 11.3 Å². The number of amides is 1. The zero-order valence-corrected chi connectivity index (χ0v) is 12.7. The normalized spacial score (nSPS) is 10.3. The lowest BCUT2D eigenvalue weighted by atomic mass is 10.2. The summed E-state index contributed by atoms with van der Waals surface area (Å²) < 4.78 is 0. The predicted octanol–water partition coefficient (Wildman–Crippen LogP) is 3.43. The Kier molecular flexibility index (Phi) is 4.35. The Morgan fingerprint density at radius 2 is 1.80 bits per heavy atom. The van der Waals surface area contributed by atoms with Gasteiger partial charge in [0.05, 0.1) is 0 Å². The highest BCUT2D eigenvalue weighted by Gasteiger charge is 2.11. The van der Waals surface area contributed by atoms with Crippen molar-refractivity contribution in [3.8, 4) is 0 Å². The molecule has 0 aliphatic carbocycles. The molecule has 4 heteroatoms. The third-order valence-corrected chi connectivity index (χ3v) is 4.23. The van der Waals surface area contributed by atoms with E-state index in [9.17, 15) is 4.79 Å². The van der Waals surface area contributed by atoms with Gasteiger partial charge in [-0.3, -0.25) is 4.79 Å². The summed E-state index contributed by atoms with van der Waals surface area (Å²) in [6.07, 6.45) is 0. The molecule has 2 N–H and O–H groups in total. The maximum atomic E-state index is 12.0. The lowest BCUT2D eigenvalue weighted by molar-refractivity contribution is 0.0827. The minimum Gasteiger partial charge on any atom is -0.398 e. The fraction of sp³-hybridized carbons (Fsp3) is 0.188. The minimum absolute atomic E-state index is 0.0170. The van der Waals surface area contributed by atoms with Crippen LogP contribution >= 0.6 is 11.8 Å². The molecule has 0 saturated heterocycles. The van der Waals surface area contributed by atoms with Gasteiger partial charge in [0.1, 0.15) is 0 Å². The molecule has 0 aliphatic rings. The Morgan fingerprint density at radius 3 is 2.45 bits per heavy atom. The van der Waals surface area contributed by atoms with E-state index in [0.717, 1.165) is 9.79 Å². The third kappa shape index (κ3) is 3.14. The molecule has 3 nitrogen and oxygen atoms in total. The molecule has 20 heavy (non-hydrogen) atoms. The van der Waals surface area contributed by atoms with E-state index >= 15 is 0 Å².